The first-order chi connectivity index (χ1) is 7.70. The normalized spacial score (nSPS) is 19.9. The molecule has 1 aromatic carbocycles. The molecule has 2 nitrogen and oxygen atoms in total. The number of aryl methyl sites for hydroxylation is 1. The summed E-state index contributed by atoms with van der Waals surface area (Å²) < 4.78 is 13.8. The van der Waals surface area contributed by atoms with E-state index in [1.54, 1.807) is 6.07 Å². The molecule has 0 spiro atoms. The molecule has 2 rings (SSSR count). The van der Waals surface area contributed by atoms with E-state index in [9.17, 15) is 4.39 Å². The standard InChI is InChI=1S/C13H19FN2.ClH/c1-3-11-9-16(7-6-15-11)13-5-4-10(2)8-12(13)14;/h4-5,8,11,15H,3,6-7,9H2,1-2H3;1H. The Labute approximate surface area is 109 Å². The number of halogens is 2. The highest BCUT2D eigenvalue weighted by atomic mass is 35.5. The molecular weight excluding hydrogens is 239 g/mol. The van der Waals surface area contributed by atoms with Gasteiger partial charge in [0.1, 0.15) is 5.82 Å². The highest BCUT2D eigenvalue weighted by molar-refractivity contribution is 5.85. The van der Waals surface area contributed by atoms with Crippen LogP contribution in [0.3, 0.4) is 0 Å². The first-order valence-electron chi connectivity index (χ1n) is 5.95. The van der Waals surface area contributed by atoms with Crippen molar-refractivity contribution in [2.45, 2.75) is 26.3 Å². The third-order valence-corrected chi connectivity index (χ3v) is 3.19. The zero-order chi connectivity index (χ0) is 11.5. The molecule has 0 aliphatic carbocycles. The van der Waals surface area contributed by atoms with Gasteiger partial charge in [0.15, 0.2) is 0 Å². The molecule has 0 bridgehead atoms. The number of rotatable bonds is 2. The Bertz CT molecular complexity index is 370. The summed E-state index contributed by atoms with van der Waals surface area (Å²) in [7, 11) is 0. The second-order valence-electron chi connectivity index (χ2n) is 4.46. The maximum atomic E-state index is 13.8. The van der Waals surface area contributed by atoms with E-state index in [0.29, 0.717) is 6.04 Å². The van der Waals surface area contributed by atoms with Gasteiger partial charge in [-0.25, -0.2) is 4.39 Å². The van der Waals surface area contributed by atoms with Crippen LogP contribution in [-0.4, -0.2) is 25.7 Å². The van der Waals surface area contributed by atoms with Gasteiger partial charge in [0.05, 0.1) is 5.69 Å². The summed E-state index contributed by atoms with van der Waals surface area (Å²) in [4.78, 5) is 2.14. The van der Waals surface area contributed by atoms with Gasteiger partial charge in [0.25, 0.3) is 0 Å². The Kier molecular flexibility index (Phi) is 5.22. The molecule has 1 aliphatic heterocycles. The summed E-state index contributed by atoms with van der Waals surface area (Å²) >= 11 is 0. The smallest absolute Gasteiger partial charge is 0.146 e. The van der Waals surface area contributed by atoms with Crippen molar-refractivity contribution in [3.05, 3.63) is 29.6 Å². The van der Waals surface area contributed by atoms with Crippen molar-refractivity contribution in [2.75, 3.05) is 24.5 Å². The summed E-state index contributed by atoms with van der Waals surface area (Å²) in [5.74, 6) is -0.100. The molecule has 1 atom stereocenters. The molecule has 17 heavy (non-hydrogen) atoms. The van der Waals surface area contributed by atoms with Crippen LogP contribution in [0.4, 0.5) is 10.1 Å². The van der Waals surface area contributed by atoms with E-state index < -0.39 is 0 Å². The lowest BCUT2D eigenvalue weighted by Gasteiger charge is -2.35. The third kappa shape index (κ3) is 3.33. The Hall–Kier alpha value is -0.800. The second kappa shape index (κ2) is 6.22. The molecule has 4 heteroatoms. The van der Waals surface area contributed by atoms with Crippen LogP contribution in [0.15, 0.2) is 18.2 Å². The van der Waals surface area contributed by atoms with Crippen LogP contribution in [0.1, 0.15) is 18.9 Å². The largest absolute Gasteiger partial charge is 0.366 e. The van der Waals surface area contributed by atoms with Crippen LogP contribution >= 0.6 is 12.4 Å². The van der Waals surface area contributed by atoms with Crippen LogP contribution in [0.25, 0.3) is 0 Å². The predicted molar refractivity (Wildman–Crippen MR) is 72.7 cm³/mol. The van der Waals surface area contributed by atoms with E-state index in [2.05, 4.69) is 17.1 Å². The lowest BCUT2D eigenvalue weighted by atomic mass is 10.1. The van der Waals surface area contributed by atoms with Crippen molar-refractivity contribution in [3.63, 3.8) is 0 Å². The topological polar surface area (TPSA) is 15.3 Å². The van der Waals surface area contributed by atoms with Gasteiger partial charge in [-0.1, -0.05) is 13.0 Å². The van der Waals surface area contributed by atoms with E-state index in [-0.39, 0.29) is 18.2 Å². The molecule has 1 unspecified atom stereocenters. The molecule has 1 N–H and O–H groups in total. The molecule has 1 aromatic rings. The van der Waals surface area contributed by atoms with Crippen LogP contribution in [-0.2, 0) is 0 Å². The molecule has 0 amide bonds. The van der Waals surface area contributed by atoms with Crippen molar-refractivity contribution < 1.29 is 4.39 Å². The van der Waals surface area contributed by atoms with Gasteiger partial charge in [0, 0.05) is 25.7 Å². The van der Waals surface area contributed by atoms with E-state index in [1.807, 2.05) is 19.1 Å². The highest BCUT2D eigenvalue weighted by Gasteiger charge is 2.19. The van der Waals surface area contributed by atoms with Crippen molar-refractivity contribution in [1.82, 2.24) is 5.32 Å². The fraction of sp³-hybridized carbons (Fsp3) is 0.538. The van der Waals surface area contributed by atoms with Crippen LogP contribution in [0, 0.1) is 12.7 Å². The Morgan fingerprint density at radius 1 is 1.47 bits per heavy atom. The molecule has 1 fully saturated rings. The average molecular weight is 259 g/mol. The molecule has 0 aromatic heterocycles. The number of hydrogen-bond donors (Lipinski definition) is 1. The molecular formula is C13H20ClFN2. The van der Waals surface area contributed by atoms with E-state index in [0.717, 1.165) is 37.3 Å². The van der Waals surface area contributed by atoms with Gasteiger partial charge >= 0.3 is 0 Å². The Balaban J connectivity index is 0.00000144. The SMILES string of the molecule is CCC1CN(c2ccc(C)cc2F)CCN1.Cl. The highest BCUT2D eigenvalue weighted by Crippen LogP contribution is 2.21. The van der Waals surface area contributed by atoms with Crippen molar-refractivity contribution in [1.29, 1.82) is 0 Å². The van der Waals surface area contributed by atoms with Gasteiger partial charge in [-0.2, -0.15) is 0 Å². The fourth-order valence-electron chi connectivity index (χ4n) is 2.19. The van der Waals surface area contributed by atoms with Crippen molar-refractivity contribution >= 4 is 18.1 Å². The number of benzene rings is 1. The number of piperazine rings is 1. The summed E-state index contributed by atoms with van der Waals surface area (Å²) in [6.45, 7) is 6.80. The summed E-state index contributed by atoms with van der Waals surface area (Å²) in [5, 5.41) is 3.44. The quantitative estimate of drug-likeness (QED) is 0.878. The number of hydrogen-bond acceptors (Lipinski definition) is 2. The van der Waals surface area contributed by atoms with E-state index in [1.165, 1.54) is 0 Å². The molecule has 96 valence electrons. The Morgan fingerprint density at radius 3 is 2.88 bits per heavy atom. The minimum Gasteiger partial charge on any atom is -0.366 e. The molecule has 0 saturated carbocycles. The summed E-state index contributed by atoms with van der Waals surface area (Å²) in [6.07, 6.45) is 1.09. The molecule has 0 radical (unpaired) electrons. The maximum Gasteiger partial charge on any atom is 0.146 e. The lowest BCUT2D eigenvalue weighted by Crippen LogP contribution is -2.50. The monoisotopic (exact) mass is 258 g/mol. The van der Waals surface area contributed by atoms with Crippen LogP contribution in [0.5, 0.6) is 0 Å². The summed E-state index contributed by atoms with van der Waals surface area (Å²) in [5.41, 5.74) is 1.72. The average Bonchev–Trinajstić information content (AvgIpc) is 2.29. The molecule has 1 heterocycles. The number of nitrogens with one attached hydrogen (secondary N) is 1. The lowest BCUT2D eigenvalue weighted by molar-refractivity contribution is 0.443. The van der Waals surface area contributed by atoms with Gasteiger partial charge in [-0.05, 0) is 31.0 Å². The first kappa shape index (κ1) is 14.3. The Morgan fingerprint density at radius 2 is 2.24 bits per heavy atom. The fourth-order valence-corrected chi connectivity index (χ4v) is 2.19. The van der Waals surface area contributed by atoms with Gasteiger partial charge in [0.2, 0.25) is 0 Å². The van der Waals surface area contributed by atoms with Gasteiger partial charge in [-0.3, -0.25) is 0 Å². The zero-order valence-electron chi connectivity index (χ0n) is 10.4. The van der Waals surface area contributed by atoms with Crippen LogP contribution < -0.4 is 10.2 Å². The molecule has 1 aliphatic rings. The van der Waals surface area contributed by atoms with Crippen molar-refractivity contribution in [3.8, 4) is 0 Å². The van der Waals surface area contributed by atoms with E-state index in [4.69, 9.17) is 0 Å². The maximum absolute atomic E-state index is 13.8. The third-order valence-electron chi connectivity index (χ3n) is 3.19. The van der Waals surface area contributed by atoms with Gasteiger partial charge < -0.3 is 10.2 Å². The number of nitrogens with zero attached hydrogens (tertiary/aromatic N) is 1. The minimum atomic E-state index is -0.100. The zero-order valence-corrected chi connectivity index (χ0v) is 11.2. The second-order valence-corrected chi connectivity index (χ2v) is 4.46. The first-order valence-corrected chi connectivity index (χ1v) is 5.95. The minimum absolute atomic E-state index is 0. The molecule has 1 saturated heterocycles. The van der Waals surface area contributed by atoms with E-state index >= 15 is 0 Å². The van der Waals surface area contributed by atoms with Crippen LogP contribution in [0.2, 0.25) is 0 Å². The predicted octanol–water partition coefficient (Wildman–Crippen LogP) is 2.74. The van der Waals surface area contributed by atoms with Crippen molar-refractivity contribution in [2.24, 2.45) is 0 Å². The summed E-state index contributed by atoms with van der Waals surface area (Å²) in [6, 6.07) is 5.96. The number of anilines is 1. The van der Waals surface area contributed by atoms with Gasteiger partial charge in [-0.15, -0.1) is 12.4 Å².